The van der Waals surface area contributed by atoms with Crippen molar-refractivity contribution >= 4 is 40.0 Å². The molecule has 0 aromatic heterocycles. The third kappa shape index (κ3) is 4.77. The van der Waals surface area contributed by atoms with Crippen molar-refractivity contribution in [1.29, 1.82) is 0 Å². The highest BCUT2D eigenvalue weighted by atomic mass is 35.5. The maximum Gasteiger partial charge on any atom is 0.129 e. The van der Waals surface area contributed by atoms with Gasteiger partial charge in [0.1, 0.15) is 11.5 Å². The third-order valence-corrected chi connectivity index (χ3v) is 5.09. The summed E-state index contributed by atoms with van der Waals surface area (Å²) in [5.74, 6) is 1.01. The topological polar surface area (TPSA) is 61.4 Å². The summed E-state index contributed by atoms with van der Waals surface area (Å²) in [5, 5.41) is 4.01. The minimum Gasteiger partial charge on any atom is -0.768 e. The van der Waals surface area contributed by atoms with Gasteiger partial charge in [0.15, 0.2) is 0 Å². The monoisotopic (exact) mass is 406 g/mol. The van der Waals surface area contributed by atoms with Crippen molar-refractivity contribution < 1.29 is 13.5 Å². The third-order valence-electron chi connectivity index (χ3n) is 3.60. The molecule has 1 unspecified atom stereocenters. The van der Waals surface area contributed by atoms with E-state index in [1.807, 2.05) is 30.3 Å². The summed E-state index contributed by atoms with van der Waals surface area (Å²) in [6.45, 7) is 0.339. The number of rotatable bonds is 6. The largest absolute Gasteiger partial charge is 0.768 e. The molecule has 0 saturated carbocycles. The van der Waals surface area contributed by atoms with Gasteiger partial charge in [0, 0.05) is 23.2 Å². The SMILES string of the molecule is O=S([O-])c1ccc(Oc2ccc(Cl)c(Cl)c2)cc1CNc1ccccc1. The first kappa shape index (κ1) is 18.7. The lowest BCUT2D eigenvalue weighted by molar-refractivity contribution is 0.481. The van der Waals surface area contributed by atoms with Gasteiger partial charge in [-0.15, -0.1) is 0 Å². The molecule has 3 rings (SSSR count). The number of hydrogen-bond donors (Lipinski definition) is 1. The quantitative estimate of drug-likeness (QED) is 0.538. The zero-order valence-corrected chi connectivity index (χ0v) is 15.8. The summed E-state index contributed by atoms with van der Waals surface area (Å²) in [6.07, 6.45) is 0. The van der Waals surface area contributed by atoms with Crippen molar-refractivity contribution in [3.63, 3.8) is 0 Å². The van der Waals surface area contributed by atoms with E-state index >= 15 is 0 Å². The molecule has 0 amide bonds. The van der Waals surface area contributed by atoms with E-state index in [-0.39, 0.29) is 4.90 Å². The molecule has 0 bridgehead atoms. The molecular weight excluding hydrogens is 393 g/mol. The van der Waals surface area contributed by atoms with Crippen molar-refractivity contribution in [2.75, 3.05) is 5.32 Å². The van der Waals surface area contributed by atoms with Crippen molar-refractivity contribution in [3.8, 4) is 11.5 Å². The maximum atomic E-state index is 11.5. The van der Waals surface area contributed by atoms with Gasteiger partial charge in [0.2, 0.25) is 0 Å². The fourth-order valence-electron chi connectivity index (χ4n) is 2.35. The fraction of sp³-hybridized carbons (Fsp3) is 0.0526. The van der Waals surface area contributed by atoms with Gasteiger partial charge in [-0.2, -0.15) is 0 Å². The molecule has 26 heavy (non-hydrogen) atoms. The van der Waals surface area contributed by atoms with Crippen LogP contribution in [-0.4, -0.2) is 8.76 Å². The second kappa shape index (κ2) is 8.56. The minimum absolute atomic E-state index is 0.218. The number of anilines is 1. The van der Waals surface area contributed by atoms with E-state index in [4.69, 9.17) is 27.9 Å². The molecule has 1 atom stereocenters. The van der Waals surface area contributed by atoms with Crippen molar-refractivity contribution in [1.82, 2.24) is 0 Å². The van der Waals surface area contributed by atoms with E-state index in [0.717, 1.165) is 5.69 Å². The number of para-hydroxylation sites is 1. The molecule has 0 saturated heterocycles. The van der Waals surface area contributed by atoms with Gasteiger partial charge in [-0.3, -0.25) is 4.21 Å². The molecule has 0 aliphatic rings. The van der Waals surface area contributed by atoms with E-state index < -0.39 is 11.1 Å². The smallest absolute Gasteiger partial charge is 0.129 e. The van der Waals surface area contributed by atoms with E-state index in [0.29, 0.717) is 33.7 Å². The van der Waals surface area contributed by atoms with Crippen LogP contribution in [0.4, 0.5) is 5.69 Å². The summed E-state index contributed by atoms with van der Waals surface area (Å²) in [4.78, 5) is 0.218. The Bertz CT molecular complexity index is 935. The number of hydrogen-bond acceptors (Lipinski definition) is 4. The second-order valence-electron chi connectivity index (χ2n) is 5.40. The highest BCUT2D eigenvalue weighted by Gasteiger charge is 2.08. The first-order valence-electron chi connectivity index (χ1n) is 7.67. The second-order valence-corrected chi connectivity index (χ2v) is 7.13. The van der Waals surface area contributed by atoms with Crippen LogP contribution in [0.3, 0.4) is 0 Å². The summed E-state index contributed by atoms with van der Waals surface area (Å²) in [7, 11) is 0. The summed E-state index contributed by atoms with van der Waals surface area (Å²) in [6, 6.07) is 19.3. The highest BCUT2D eigenvalue weighted by Crippen LogP contribution is 2.30. The summed E-state index contributed by atoms with van der Waals surface area (Å²) >= 11 is 9.55. The first-order valence-corrected chi connectivity index (χ1v) is 9.50. The molecule has 7 heteroatoms. The van der Waals surface area contributed by atoms with Crippen LogP contribution in [0.15, 0.2) is 71.6 Å². The van der Waals surface area contributed by atoms with Crippen LogP contribution in [0.25, 0.3) is 0 Å². The van der Waals surface area contributed by atoms with Crippen LogP contribution in [0, 0.1) is 0 Å². The predicted molar refractivity (Wildman–Crippen MR) is 104 cm³/mol. The Morgan fingerprint density at radius 3 is 2.31 bits per heavy atom. The van der Waals surface area contributed by atoms with E-state index in [9.17, 15) is 8.76 Å². The van der Waals surface area contributed by atoms with Crippen LogP contribution >= 0.6 is 23.2 Å². The Kier molecular flexibility index (Phi) is 6.16. The number of ether oxygens (including phenoxy) is 1. The molecule has 0 radical (unpaired) electrons. The highest BCUT2D eigenvalue weighted by molar-refractivity contribution is 7.79. The molecule has 1 N–H and O–H groups in total. The van der Waals surface area contributed by atoms with Crippen LogP contribution < -0.4 is 10.1 Å². The van der Waals surface area contributed by atoms with Gasteiger partial charge in [0.25, 0.3) is 0 Å². The van der Waals surface area contributed by atoms with E-state index in [1.165, 1.54) is 6.07 Å². The molecule has 0 aliphatic heterocycles. The molecule has 0 spiro atoms. The normalized spacial score (nSPS) is 11.8. The summed E-state index contributed by atoms with van der Waals surface area (Å²) < 4.78 is 28.7. The molecule has 0 fully saturated rings. The van der Waals surface area contributed by atoms with Crippen LogP contribution in [0.1, 0.15) is 5.56 Å². The fourth-order valence-corrected chi connectivity index (χ4v) is 3.16. The molecule has 0 aliphatic carbocycles. The average Bonchev–Trinajstić information content (AvgIpc) is 2.64. The van der Waals surface area contributed by atoms with Gasteiger partial charge in [-0.25, -0.2) is 0 Å². The van der Waals surface area contributed by atoms with Crippen LogP contribution in [0.2, 0.25) is 10.0 Å². The first-order chi connectivity index (χ1) is 12.5. The molecule has 134 valence electrons. The Morgan fingerprint density at radius 1 is 0.923 bits per heavy atom. The average molecular weight is 407 g/mol. The number of halogens is 2. The van der Waals surface area contributed by atoms with Crippen molar-refractivity contribution in [2.45, 2.75) is 11.4 Å². The minimum atomic E-state index is -2.34. The molecule has 3 aromatic rings. The molecule has 4 nitrogen and oxygen atoms in total. The van der Waals surface area contributed by atoms with Crippen LogP contribution in [-0.2, 0) is 17.6 Å². The Labute approximate surface area is 164 Å². The zero-order valence-electron chi connectivity index (χ0n) is 13.4. The lowest BCUT2D eigenvalue weighted by Gasteiger charge is -2.15. The van der Waals surface area contributed by atoms with Gasteiger partial charge >= 0.3 is 0 Å². The number of benzene rings is 3. The molecule has 3 aromatic carbocycles. The van der Waals surface area contributed by atoms with Gasteiger partial charge < -0.3 is 14.6 Å². The van der Waals surface area contributed by atoms with E-state index in [1.54, 1.807) is 30.3 Å². The lowest BCUT2D eigenvalue weighted by Crippen LogP contribution is -2.04. The standard InChI is InChI=1S/C19H15Cl2NO3S/c20-17-8-6-16(11-18(17)21)25-15-7-9-19(26(23)24)13(10-15)12-22-14-4-2-1-3-5-14/h1-11,22H,12H2,(H,23,24)/p-1. The van der Waals surface area contributed by atoms with Gasteiger partial charge in [-0.05, 0) is 59.1 Å². The lowest BCUT2D eigenvalue weighted by atomic mass is 10.2. The van der Waals surface area contributed by atoms with Crippen molar-refractivity contribution in [3.05, 3.63) is 82.3 Å². The molecular formula is C19H14Cl2NO3S-. The van der Waals surface area contributed by atoms with Gasteiger partial charge in [-0.1, -0.05) is 41.4 Å². The number of nitrogens with one attached hydrogen (secondary N) is 1. The Morgan fingerprint density at radius 2 is 1.62 bits per heavy atom. The maximum absolute atomic E-state index is 11.5. The zero-order chi connectivity index (χ0) is 18.5. The van der Waals surface area contributed by atoms with Crippen LogP contribution in [0.5, 0.6) is 11.5 Å². The molecule has 0 heterocycles. The summed E-state index contributed by atoms with van der Waals surface area (Å²) in [5.41, 5.74) is 1.49. The van der Waals surface area contributed by atoms with Gasteiger partial charge in [0.05, 0.1) is 10.0 Å². The van der Waals surface area contributed by atoms with Crippen molar-refractivity contribution in [2.24, 2.45) is 0 Å². The Hall–Kier alpha value is -2.05. The van der Waals surface area contributed by atoms with E-state index in [2.05, 4.69) is 5.32 Å². The Balaban J connectivity index is 1.83. The predicted octanol–water partition coefficient (Wildman–Crippen LogP) is 5.64.